The van der Waals surface area contributed by atoms with E-state index in [0.29, 0.717) is 0 Å². The topological polar surface area (TPSA) is 34.1 Å². The monoisotopic (exact) mass is 308 g/mol. The predicted octanol–water partition coefficient (Wildman–Crippen LogP) is 4.07. The van der Waals surface area contributed by atoms with Gasteiger partial charge in [0.05, 0.1) is 10.6 Å². The molecule has 20 heavy (non-hydrogen) atoms. The third kappa shape index (κ3) is 3.41. The van der Waals surface area contributed by atoms with Gasteiger partial charge in [-0.3, -0.25) is 0 Å². The van der Waals surface area contributed by atoms with Gasteiger partial charge in [-0.15, -0.1) is 11.6 Å². The van der Waals surface area contributed by atoms with Gasteiger partial charge in [0.25, 0.3) is 0 Å². The highest BCUT2D eigenvalue weighted by atomic mass is 35.5. The summed E-state index contributed by atoms with van der Waals surface area (Å²) in [5, 5.41) is -1.14. The average Bonchev–Trinajstić information content (AvgIpc) is 2.46. The molecule has 0 aliphatic rings. The number of hydrogen-bond acceptors (Lipinski definition) is 2. The fourth-order valence-electron chi connectivity index (χ4n) is 1.98. The van der Waals surface area contributed by atoms with Gasteiger partial charge in [-0.05, 0) is 23.6 Å². The highest BCUT2D eigenvalue weighted by Crippen LogP contribution is 2.30. The molecule has 2 nitrogen and oxygen atoms in total. The van der Waals surface area contributed by atoms with E-state index >= 15 is 0 Å². The normalized spacial score (nSPS) is 14.8. The van der Waals surface area contributed by atoms with Crippen molar-refractivity contribution in [1.82, 2.24) is 0 Å². The second-order valence-electron chi connectivity index (χ2n) is 4.92. The maximum Gasteiger partial charge on any atom is 0.151 e. The Morgan fingerprint density at radius 3 is 1.90 bits per heavy atom. The van der Waals surface area contributed by atoms with Crippen LogP contribution in [0.5, 0.6) is 0 Å². The maximum atomic E-state index is 11.5. The summed E-state index contributed by atoms with van der Waals surface area (Å²) >= 11 is 6.26. The first kappa shape index (κ1) is 15.1. The van der Waals surface area contributed by atoms with Crippen LogP contribution in [0.3, 0.4) is 0 Å². The molecule has 106 valence electrons. The second kappa shape index (κ2) is 5.98. The smallest absolute Gasteiger partial charge is 0.151 e. The molecular formula is C16H17ClO2S. The van der Waals surface area contributed by atoms with E-state index in [-0.39, 0.29) is 0 Å². The summed E-state index contributed by atoms with van der Waals surface area (Å²) in [6.07, 6.45) is 1.21. The van der Waals surface area contributed by atoms with E-state index in [4.69, 9.17) is 11.6 Å². The lowest BCUT2D eigenvalue weighted by Crippen LogP contribution is -2.21. The molecule has 4 heteroatoms. The number of benzene rings is 2. The Morgan fingerprint density at radius 2 is 1.40 bits per heavy atom. The Labute approximate surface area is 125 Å². The third-order valence-electron chi connectivity index (χ3n) is 3.42. The van der Waals surface area contributed by atoms with Crippen molar-refractivity contribution in [2.75, 3.05) is 6.26 Å². The van der Waals surface area contributed by atoms with Gasteiger partial charge in [-0.2, -0.15) is 0 Å². The van der Waals surface area contributed by atoms with Crippen LogP contribution >= 0.6 is 11.6 Å². The molecule has 0 saturated carbocycles. The molecular weight excluding hydrogens is 292 g/mol. The Bertz CT molecular complexity index is 663. The van der Waals surface area contributed by atoms with Gasteiger partial charge in [0, 0.05) is 6.26 Å². The first-order valence-electron chi connectivity index (χ1n) is 6.38. The van der Waals surface area contributed by atoms with E-state index in [2.05, 4.69) is 0 Å². The molecule has 0 radical (unpaired) electrons. The second-order valence-corrected chi connectivity index (χ2v) is 7.80. The lowest BCUT2D eigenvalue weighted by Gasteiger charge is -2.17. The lowest BCUT2D eigenvalue weighted by atomic mass is 10.0. The molecule has 0 bridgehead atoms. The van der Waals surface area contributed by atoms with E-state index in [1.807, 2.05) is 54.6 Å². The molecule has 0 spiro atoms. The van der Waals surface area contributed by atoms with Crippen LogP contribution in [-0.2, 0) is 9.84 Å². The van der Waals surface area contributed by atoms with Crippen molar-refractivity contribution in [3.05, 3.63) is 60.2 Å². The molecule has 2 aromatic rings. The summed E-state index contributed by atoms with van der Waals surface area (Å²) in [7, 11) is -3.14. The van der Waals surface area contributed by atoms with Gasteiger partial charge < -0.3 is 0 Å². The quantitative estimate of drug-likeness (QED) is 0.798. The van der Waals surface area contributed by atoms with Gasteiger partial charge in [0.2, 0.25) is 0 Å². The SMILES string of the molecule is CC(C(Cl)c1ccc(-c2ccccc2)cc1)S(C)(=O)=O. The van der Waals surface area contributed by atoms with E-state index in [0.717, 1.165) is 16.7 Å². The molecule has 2 unspecified atom stereocenters. The highest BCUT2D eigenvalue weighted by Gasteiger charge is 2.25. The van der Waals surface area contributed by atoms with Crippen molar-refractivity contribution < 1.29 is 8.42 Å². The number of sulfone groups is 1. The van der Waals surface area contributed by atoms with E-state index in [1.165, 1.54) is 6.26 Å². The predicted molar refractivity (Wildman–Crippen MR) is 84.8 cm³/mol. The van der Waals surface area contributed by atoms with Crippen molar-refractivity contribution in [1.29, 1.82) is 0 Å². The Morgan fingerprint density at radius 1 is 0.900 bits per heavy atom. The largest absolute Gasteiger partial charge is 0.229 e. The summed E-state index contributed by atoms with van der Waals surface area (Å²) in [5.74, 6) is 0. The van der Waals surface area contributed by atoms with Crippen LogP contribution in [0, 0.1) is 0 Å². The van der Waals surface area contributed by atoms with Crippen molar-refractivity contribution in [3.8, 4) is 11.1 Å². The molecule has 2 aromatic carbocycles. The molecule has 0 saturated heterocycles. The minimum Gasteiger partial charge on any atom is -0.229 e. The Kier molecular flexibility index (Phi) is 4.51. The maximum absolute atomic E-state index is 11.5. The van der Waals surface area contributed by atoms with Crippen molar-refractivity contribution in [2.24, 2.45) is 0 Å². The standard InChI is InChI=1S/C16H17ClO2S/c1-12(20(2,18)19)16(17)15-10-8-14(9-11-15)13-6-4-3-5-7-13/h3-12,16H,1-2H3. The summed E-state index contributed by atoms with van der Waals surface area (Å²) in [6, 6.07) is 17.7. The van der Waals surface area contributed by atoms with Crippen LogP contribution in [0.1, 0.15) is 17.9 Å². The molecule has 0 fully saturated rings. The zero-order valence-corrected chi connectivity index (χ0v) is 13.0. The highest BCUT2D eigenvalue weighted by molar-refractivity contribution is 7.91. The zero-order chi connectivity index (χ0) is 14.8. The Balaban J connectivity index is 2.25. The van der Waals surface area contributed by atoms with E-state index in [1.54, 1.807) is 6.92 Å². The van der Waals surface area contributed by atoms with Gasteiger partial charge in [-0.1, -0.05) is 54.6 Å². The number of halogens is 1. The summed E-state index contributed by atoms with van der Waals surface area (Å²) < 4.78 is 23.1. The van der Waals surface area contributed by atoms with Gasteiger partial charge >= 0.3 is 0 Å². The summed E-state index contributed by atoms with van der Waals surface area (Å²) in [5.41, 5.74) is 3.04. The molecule has 2 atom stereocenters. The molecule has 0 aromatic heterocycles. The number of hydrogen-bond donors (Lipinski definition) is 0. The first-order chi connectivity index (χ1) is 9.39. The van der Waals surface area contributed by atoms with Crippen LogP contribution in [0.25, 0.3) is 11.1 Å². The average molecular weight is 309 g/mol. The van der Waals surface area contributed by atoms with E-state index < -0.39 is 20.5 Å². The van der Waals surface area contributed by atoms with Gasteiger partial charge in [-0.25, -0.2) is 8.42 Å². The molecule has 0 amide bonds. The molecule has 0 N–H and O–H groups in total. The van der Waals surface area contributed by atoms with Gasteiger partial charge in [0.15, 0.2) is 9.84 Å². The molecule has 0 aliphatic carbocycles. The third-order valence-corrected chi connectivity index (χ3v) is 5.83. The fourth-order valence-corrected chi connectivity index (χ4v) is 3.28. The van der Waals surface area contributed by atoms with Gasteiger partial charge in [0.1, 0.15) is 0 Å². The number of alkyl halides is 1. The summed E-state index contributed by atoms with van der Waals surface area (Å²) in [4.78, 5) is 0. The minimum absolute atomic E-state index is 0.533. The molecule has 0 aliphatic heterocycles. The minimum atomic E-state index is -3.14. The van der Waals surface area contributed by atoms with Crippen molar-refractivity contribution in [2.45, 2.75) is 17.6 Å². The molecule has 0 heterocycles. The number of rotatable bonds is 4. The first-order valence-corrected chi connectivity index (χ1v) is 8.77. The summed E-state index contributed by atoms with van der Waals surface area (Å²) in [6.45, 7) is 1.64. The van der Waals surface area contributed by atoms with Crippen LogP contribution in [0.4, 0.5) is 0 Å². The van der Waals surface area contributed by atoms with Crippen LogP contribution in [-0.4, -0.2) is 19.9 Å². The van der Waals surface area contributed by atoms with E-state index in [9.17, 15) is 8.42 Å². The van der Waals surface area contributed by atoms with Crippen molar-refractivity contribution in [3.63, 3.8) is 0 Å². The fraction of sp³-hybridized carbons (Fsp3) is 0.250. The lowest BCUT2D eigenvalue weighted by molar-refractivity contribution is 0.587. The van der Waals surface area contributed by atoms with Crippen molar-refractivity contribution >= 4 is 21.4 Å². The Hall–Kier alpha value is -1.32. The molecule has 2 rings (SSSR count). The van der Waals surface area contributed by atoms with Crippen LogP contribution < -0.4 is 0 Å². The van der Waals surface area contributed by atoms with Crippen LogP contribution in [0.15, 0.2) is 54.6 Å². The van der Waals surface area contributed by atoms with Crippen LogP contribution in [0.2, 0.25) is 0 Å². The zero-order valence-electron chi connectivity index (χ0n) is 11.5.